The third-order valence-electron chi connectivity index (χ3n) is 5.51. The van der Waals surface area contributed by atoms with Gasteiger partial charge in [0.05, 0.1) is 16.1 Å². The first-order chi connectivity index (χ1) is 14.1. The molecule has 2 heterocycles. The van der Waals surface area contributed by atoms with Crippen LogP contribution >= 0.6 is 23.4 Å². The zero-order chi connectivity index (χ0) is 21.6. The Kier molecular flexibility index (Phi) is 5.28. The van der Waals surface area contributed by atoms with Crippen LogP contribution in [0.2, 0.25) is 5.02 Å². The fraction of sp³-hybridized carbons (Fsp3) is 0.250. The maximum absolute atomic E-state index is 12.5. The van der Waals surface area contributed by atoms with Crippen LogP contribution in [0.4, 0.5) is 11.4 Å². The summed E-state index contributed by atoms with van der Waals surface area (Å²) < 4.78 is 0. The molecule has 6 heteroatoms. The highest BCUT2D eigenvalue weighted by Gasteiger charge is 2.30. The predicted molar refractivity (Wildman–Crippen MR) is 130 cm³/mol. The van der Waals surface area contributed by atoms with Crippen LogP contribution in [-0.2, 0) is 4.79 Å². The number of allylic oxidation sites excluding steroid dienone is 1. The predicted octanol–water partition coefficient (Wildman–Crippen LogP) is 6.17. The number of rotatable bonds is 2. The van der Waals surface area contributed by atoms with Crippen LogP contribution in [0.25, 0.3) is 11.6 Å². The minimum atomic E-state index is -0.161. The number of nitrogens with zero attached hydrogens (tertiary/aromatic N) is 2. The first-order valence-electron chi connectivity index (χ1n) is 9.77. The summed E-state index contributed by atoms with van der Waals surface area (Å²) in [6, 6.07) is 11.9. The van der Waals surface area contributed by atoms with Crippen LogP contribution in [0.3, 0.4) is 0 Å². The van der Waals surface area contributed by atoms with Gasteiger partial charge in [0.2, 0.25) is 0 Å². The Balaban J connectivity index is 1.67. The number of anilines is 1. The van der Waals surface area contributed by atoms with Crippen molar-refractivity contribution in [2.45, 2.75) is 33.2 Å². The molecule has 4 rings (SSSR count). The molecule has 0 bridgehead atoms. The number of carbonyl (C=O) groups excluding carboxylic acids is 1. The Morgan fingerprint density at radius 1 is 1.20 bits per heavy atom. The SMILES string of the molecule is CC1=CC(C)(C)N(C)c2cc(Cl)c(/C=C3/SC(=Nc4cccc(C)c4)NC3=O)cc21. The van der Waals surface area contributed by atoms with E-state index in [-0.39, 0.29) is 11.4 Å². The highest BCUT2D eigenvalue weighted by atomic mass is 35.5. The number of aliphatic imine (C=N–C) groups is 1. The van der Waals surface area contributed by atoms with Crippen LogP contribution in [0, 0.1) is 6.92 Å². The average molecular weight is 438 g/mol. The van der Waals surface area contributed by atoms with Crippen molar-refractivity contribution in [3.63, 3.8) is 0 Å². The van der Waals surface area contributed by atoms with Crippen LogP contribution in [0.5, 0.6) is 0 Å². The Labute approximate surface area is 186 Å². The van der Waals surface area contributed by atoms with Crippen molar-refractivity contribution in [3.8, 4) is 0 Å². The molecule has 154 valence electrons. The molecule has 2 aromatic rings. The second-order valence-corrected chi connectivity index (χ2v) is 9.69. The first-order valence-corrected chi connectivity index (χ1v) is 11.0. The summed E-state index contributed by atoms with van der Waals surface area (Å²) in [5.74, 6) is -0.161. The quantitative estimate of drug-likeness (QED) is 0.571. The lowest BCUT2D eigenvalue weighted by Gasteiger charge is -2.40. The van der Waals surface area contributed by atoms with E-state index in [0.717, 1.165) is 28.1 Å². The standard InChI is InChI=1S/C24H24ClN3OS/c1-14-7-6-8-17(9-14)26-23-27-22(29)21(30-23)11-16-10-18-15(2)13-24(3,4)28(5)20(18)12-19(16)25/h6-13H,1-5H3,(H,26,27,29)/b21-11+. The minimum absolute atomic E-state index is 0.0806. The van der Waals surface area contributed by atoms with E-state index in [1.54, 1.807) is 0 Å². The molecule has 0 radical (unpaired) electrons. The molecule has 0 spiro atoms. The van der Waals surface area contributed by atoms with Gasteiger partial charge in [0.25, 0.3) is 5.91 Å². The molecule has 0 saturated carbocycles. The van der Waals surface area contributed by atoms with Gasteiger partial charge < -0.3 is 10.2 Å². The maximum Gasteiger partial charge on any atom is 0.264 e. The summed E-state index contributed by atoms with van der Waals surface area (Å²) in [4.78, 5) is 19.9. The van der Waals surface area contributed by atoms with E-state index in [4.69, 9.17) is 11.6 Å². The molecule has 1 N–H and O–H groups in total. The number of nitrogens with one attached hydrogen (secondary N) is 1. The van der Waals surface area contributed by atoms with Gasteiger partial charge in [-0.2, -0.15) is 0 Å². The largest absolute Gasteiger partial charge is 0.365 e. The van der Waals surface area contributed by atoms with Crippen molar-refractivity contribution in [3.05, 3.63) is 69.1 Å². The molecule has 2 aliphatic heterocycles. The van der Waals surface area contributed by atoms with Gasteiger partial charge in [-0.3, -0.25) is 4.79 Å². The van der Waals surface area contributed by atoms with Crippen LogP contribution in [0.1, 0.15) is 37.5 Å². The molecule has 1 fully saturated rings. The van der Waals surface area contributed by atoms with Crippen LogP contribution in [-0.4, -0.2) is 23.7 Å². The lowest BCUT2D eigenvalue weighted by Crippen LogP contribution is -2.42. The zero-order valence-corrected chi connectivity index (χ0v) is 19.3. The molecule has 1 amide bonds. The number of amidine groups is 1. The number of hydrogen-bond donors (Lipinski definition) is 1. The average Bonchev–Trinajstić information content (AvgIpc) is 2.99. The summed E-state index contributed by atoms with van der Waals surface area (Å²) >= 11 is 7.94. The minimum Gasteiger partial charge on any atom is -0.365 e. The number of carbonyl (C=O) groups is 1. The van der Waals surface area contributed by atoms with E-state index in [2.05, 4.69) is 55.2 Å². The van der Waals surface area contributed by atoms with Crippen molar-refractivity contribution >= 4 is 57.5 Å². The zero-order valence-electron chi connectivity index (χ0n) is 17.7. The summed E-state index contributed by atoms with van der Waals surface area (Å²) in [5.41, 5.74) is 6.11. The third-order valence-corrected chi connectivity index (χ3v) is 6.74. The number of likely N-dealkylation sites (N-methyl/N-ethyl adjacent to an activating group) is 1. The molecule has 0 aromatic heterocycles. The molecule has 0 atom stereocenters. The first kappa shape index (κ1) is 20.8. The Morgan fingerprint density at radius 3 is 2.70 bits per heavy atom. The van der Waals surface area contributed by atoms with Gasteiger partial charge in [-0.05, 0) is 86.5 Å². The van der Waals surface area contributed by atoms with Crippen molar-refractivity contribution < 1.29 is 4.79 Å². The van der Waals surface area contributed by atoms with E-state index in [1.807, 2.05) is 43.3 Å². The number of amides is 1. The number of fused-ring (bicyclic) bond motifs is 1. The van der Waals surface area contributed by atoms with Gasteiger partial charge in [0, 0.05) is 23.3 Å². The number of halogens is 1. The van der Waals surface area contributed by atoms with E-state index in [9.17, 15) is 4.79 Å². The van der Waals surface area contributed by atoms with Gasteiger partial charge in [-0.15, -0.1) is 0 Å². The van der Waals surface area contributed by atoms with E-state index >= 15 is 0 Å². The molecule has 2 aromatic carbocycles. The molecule has 0 unspecified atom stereocenters. The number of benzene rings is 2. The smallest absolute Gasteiger partial charge is 0.264 e. The van der Waals surface area contributed by atoms with Crippen molar-refractivity contribution in [1.29, 1.82) is 0 Å². The maximum atomic E-state index is 12.5. The van der Waals surface area contributed by atoms with Gasteiger partial charge in [-0.25, -0.2) is 4.99 Å². The molecular formula is C24H24ClN3OS. The van der Waals surface area contributed by atoms with Gasteiger partial charge in [0.15, 0.2) is 5.17 Å². The van der Waals surface area contributed by atoms with Crippen molar-refractivity contribution in [2.75, 3.05) is 11.9 Å². The van der Waals surface area contributed by atoms with E-state index in [0.29, 0.717) is 15.1 Å². The number of aryl methyl sites for hydroxylation is 1. The second kappa shape index (κ2) is 7.64. The van der Waals surface area contributed by atoms with Gasteiger partial charge in [-0.1, -0.05) is 29.8 Å². The summed E-state index contributed by atoms with van der Waals surface area (Å²) in [6.07, 6.45) is 4.10. The molecule has 2 aliphatic rings. The molecule has 0 aliphatic carbocycles. The Morgan fingerprint density at radius 2 is 1.97 bits per heavy atom. The lowest BCUT2D eigenvalue weighted by molar-refractivity contribution is -0.115. The number of thioether (sulfide) groups is 1. The van der Waals surface area contributed by atoms with E-state index < -0.39 is 0 Å². The third kappa shape index (κ3) is 3.92. The second-order valence-electron chi connectivity index (χ2n) is 8.25. The molecule has 4 nitrogen and oxygen atoms in total. The van der Waals surface area contributed by atoms with Crippen LogP contribution in [0.15, 0.2) is 52.4 Å². The summed E-state index contributed by atoms with van der Waals surface area (Å²) in [5, 5.41) is 4.04. The molecular weight excluding hydrogens is 414 g/mol. The highest BCUT2D eigenvalue weighted by Crippen LogP contribution is 2.41. The van der Waals surface area contributed by atoms with Gasteiger partial charge >= 0.3 is 0 Å². The van der Waals surface area contributed by atoms with Gasteiger partial charge in [0.1, 0.15) is 0 Å². The lowest BCUT2D eigenvalue weighted by atomic mass is 9.88. The molecule has 1 saturated heterocycles. The normalized spacial score (nSPS) is 20.4. The fourth-order valence-electron chi connectivity index (χ4n) is 3.73. The molecule has 30 heavy (non-hydrogen) atoms. The van der Waals surface area contributed by atoms with Crippen molar-refractivity contribution in [2.24, 2.45) is 4.99 Å². The van der Waals surface area contributed by atoms with Crippen molar-refractivity contribution in [1.82, 2.24) is 5.32 Å². The summed E-state index contributed by atoms with van der Waals surface area (Å²) in [7, 11) is 2.07. The topological polar surface area (TPSA) is 44.7 Å². The summed E-state index contributed by atoms with van der Waals surface area (Å²) in [6.45, 7) is 8.49. The van der Waals surface area contributed by atoms with E-state index in [1.165, 1.54) is 17.3 Å². The van der Waals surface area contributed by atoms with Crippen LogP contribution < -0.4 is 10.2 Å². The fourth-order valence-corrected chi connectivity index (χ4v) is 4.78. The monoisotopic (exact) mass is 437 g/mol. The highest BCUT2D eigenvalue weighted by molar-refractivity contribution is 8.18. The Hall–Kier alpha value is -2.50. The number of hydrogen-bond acceptors (Lipinski definition) is 4. The Bertz CT molecular complexity index is 1150.